The Bertz CT molecular complexity index is 560. The number of aryl methyl sites for hydroxylation is 1. The van der Waals surface area contributed by atoms with Gasteiger partial charge >= 0.3 is 7.12 Å². The van der Waals surface area contributed by atoms with E-state index >= 15 is 0 Å². The van der Waals surface area contributed by atoms with Crippen molar-refractivity contribution in [2.24, 2.45) is 7.05 Å². The lowest BCUT2D eigenvalue weighted by Gasteiger charge is -2.11. The van der Waals surface area contributed by atoms with Crippen LogP contribution in [0.1, 0.15) is 5.82 Å². The highest BCUT2D eigenvalue weighted by atomic mass is 19.1. The second-order valence-electron chi connectivity index (χ2n) is 4.11. The fourth-order valence-corrected chi connectivity index (χ4v) is 1.74. The molecule has 0 aliphatic carbocycles. The highest BCUT2D eigenvalue weighted by Gasteiger charge is 2.17. The maximum absolute atomic E-state index is 13.1. The number of aromatic nitrogens is 2. The molecule has 19 heavy (non-hydrogen) atoms. The molecule has 0 spiro atoms. The van der Waals surface area contributed by atoms with Crippen molar-refractivity contribution >= 4 is 12.6 Å². The second-order valence-corrected chi connectivity index (χ2v) is 4.11. The van der Waals surface area contributed by atoms with Gasteiger partial charge < -0.3 is 19.4 Å². The average molecular weight is 264 g/mol. The monoisotopic (exact) mass is 264 g/mol. The molecule has 100 valence electrons. The predicted octanol–water partition coefficient (Wildman–Crippen LogP) is -0.140. The molecule has 2 N–H and O–H groups in total. The van der Waals surface area contributed by atoms with Gasteiger partial charge in [-0.3, -0.25) is 0 Å². The molecular formula is C12H14BFN2O3. The number of ether oxygens (including phenoxy) is 1. The molecule has 7 heteroatoms. The topological polar surface area (TPSA) is 67.5 Å². The van der Waals surface area contributed by atoms with Crippen LogP contribution in [0, 0.1) is 5.82 Å². The number of benzene rings is 1. The third kappa shape index (κ3) is 3.33. The van der Waals surface area contributed by atoms with Gasteiger partial charge in [-0.2, -0.15) is 0 Å². The molecule has 2 aromatic rings. The van der Waals surface area contributed by atoms with E-state index in [1.807, 2.05) is 17.8 Å². The SMILES string of the molecule is Cn1ccnc1CCOc1cc(F)ccc1B(O)O. The summed E-state index contributed by atoms with van der Waals surface area (Å²) in [6.45, 7) is 0.272. The Morgan fingerprint density at radius 3 is 2.84 bits per heavy atom. The van der Waals surface area contributed by atoms with Crippen LogP contribution in [-0.4, -0.2) is 33.3 Å². The molecule has 0 unspecified atom stereocenters. The van der Waals surface area contributed by atoms with Gasteiger partial charge in [0.1, 0.15) is 17.4 Å². The molecule has 0 atom stereocenters. The van der Waals surface area contributed by atoms with Gasteiger partial charge in [0.15, 0.2) is 0 Å². The van der Waals surface area contributed by atoms with Crippen molar-refractivity contribution in [2.45, 2.75) is 6.42 Å². The maximum Gasteiger partial charge on any atom is 0.492 e. The Morgan fingerprint density at radius 1 is 1.42 bits per heavy atom. The van der Waals surface area contributed by atoms with Crippen LogP contribution in [-0.2, 0) is 13.5 Å². The molecule has 1 aromatic heterocycles. The van der Waals surface area contributed by atoms with Gasteiger partial charge in [0.2, 0.25) is 0 Å². The van der Waals surface area contributed by atoms with Crippen molar-refractivity contribution < 1.29 is 19.2 Å². The fraction of sp³-hybridized carbons (Fsp3) is 0.250. The van der Waals surface area contributed by atoms with Crippen LogP contribution in [0.3, 0.4) is 0 Å². The molecule has 0 aliphatic heterocycles. The lowest BCUT2D eigenvalue weighted by Crippen LogP contribution is -2.31. The minimum Gasteiger partial charge on any atom is -0.493 e. The van der Waals surface area contributed by atoms with Crippen LogP contribution in [0.25, 0.3) is 0 Å². The third-order valence-corrected chi connectivity index (χ3v) is 2.76. The van der Waals surface area contributed by atoms with Crippen molar-refractivity contribution in [1.29, 1.82) is 0 Å². The average Bonchev–Trinajstić information content (AvgIpc) is 2.75. The quantitative estimate of drug-likeness (QED) is 0.738. The zero-order chi connectivity index (χ0) is 13.8. The number of hydrogen-bond acceptors (Lipinski definition) is 4. The van der Waals surface area contributed by atoms with E-state index in [-0.39, 0.29) is 17.8 Å². The smallest absolute Gasteiger partial charge is 0.492 e. The van der Waals surface area contributed by atoms with E-state index in [1.165, 1.54) is 6.07 Å². The van der Waals surface area contributed by atoms with Crippen LogP contribution in [0.15, 0.2) is 30.6 Å². The Hall–Kier alpha value is -1.86. The third-order valence-electron chi connectivity index (χ3n) is 2.76. The predicted molar refractivity (Wildman–Crippen MR) is 68.6 cm³/mol. The Balaban J connectivity index is 2.03. The fourth-order valence-electron chi connectivity index (χ4n) is 1.74. The van der Waals surface area contributed by atoms with Gasteiger partial charge in [-0.05, 0) is 6.07 Å². The molecule has 0 amide bonds. The first-order valence-electron chi connectivity index (χ1n) is 5.82. The minimum absolute atomic E-state index is 0.129. The minimum atomic E-state index is -1.69. The van der Waals surface area contributed by atoms with Crippen LogP contribution in [0.4, 0.5) is 4.39 Å². The van der Waals surface area contributed by atoms with Gasteiger partial charge in [0, 0.05) is 37.4 Å². The highest BCUT2D eigenvalue weighted by Crippen LogP contribution is 2.11. The van der Waals surface area contributed by atoms with Crippen LogP contribution >= 0.6 is 0 Å². The lowest BCUT2D eigenvalue weighted by molar-refractivity contribution is 0.316. The Kier molecular flexibility index (Phi) is 4.18. The van der Waals surface area contributed by atoms with E-state index in [4.69, 9.17) is 14.8 Å². The van der Waals surface area contributed by atoms with Crippen LogP contribution < -0.4 is 10.2 Å². The largest absolute Gasteiger partial charge is 0.493 e. The first kappa shape index (κ1) is 13.6. The number of halogens is 1. The first-order valence-corrected chi connectivity index (χ1v) is 5.82. The summed E-state index contributed by atoms with van der Waals surface area (Å²) in [6, 6.07) is 3.57. The highest BCUT2D eigenvalue weighted by molar-refractivity contribution is 6.59. The summed E-state index contributed by atoms with van der Waals surface area (Å²) in [6.07, 6.45) is 4.04. The molecule has 1 heterocycles. The summed E-state index contributed by atoms with van der Waals surface area (Å²) in [5, 5.41) is 18.3. The van der Waals surface area contributed by atoms with Crippen molar-refractivity contribution in [2.75, 3.05) is 6.61 Å². The number of nitrogens with zero attached hydrogens (tertiary/aromatic N) is 2. The lowest BCUT2D eigenvalue weighted by atomic mass is 9.79. The van der Waals surface area contributed by atoms with Gasteiger partial charge in [0.25, 0.3) is 0 Å². The van der Waals surface area contributed by atoms with Gasteiger partial charge in [-0.1, -0.05) is 6.07 Å². The van der Waals surface area contributed by atoms with E-state index in [1.54, 1.807) is 6.20 Å². The second kappa shape index (κ2) is 5.86. The molecule has 0 saturated carbocycles. The standard InChI is InChI=1S/C12H14BFN2O3/c1-16-6-5-15-12(16)4-7-19-11-8-9(14)2-3-10(11)13(17)18/h2-3,5-6,8,17-18H,4,7H2,1H3. The van der Waals surface area contributed by atoms with Gasteiger partial charge in [0.05, 0.1) is 6.61 Å². The molecule has 2 rings (SSSR count). The van der Waals surface area contributed by atoms with Gasteiger partial charge in [-0.25, -0.2) is 9.37 Å². The van der Waals surface area contributed by atoms with Crippen molar-refractivity contribution in [3.8, 4) is 5.75 Å². The summed E-state index contributed by atoms with van der Waals surface area (Å²) in [4.78, 5) is 4.13. The number of imidazole rings is 1. The van der Waals surface area contributed by atoms with E-state index in [0.717, 1.165) is 18.0 Å². The zero-order valence-electron chi connectivity index (χ0n) is 10.5. The zero-order valence-corrected chi connectivity index (χ0v) is 10.5. The Labute approximate surface area is 110 Å². The van der Waals surface area contributed by atoms with E-state index in [9.17, 15) is 4.39 Å². The van der Waals surface area contributed by atoms with E-state index in [0.29, 0.717) is 6.42 Å². The summed E-state index contributed by atoms with van der Waals surface area (Å²) in [5.74, 6) is 0.475. The molecule has 0 bridgehead atoms. The van der Waals surface area contributed by atoms with Crippen molar-refractivity contribution in [1.82, 2.24) is 9.55 Å². The molecule has 0 aliphatic rings. The van der Waals surface area contributed by atoms with Crippen LogP contribution in [0.5, 0.6) is 5.75 Å². The first-order chi connectivity index (χ1) is 9.08. The number of hydrogen-bond donors (Lipinski definition) is 2. The molecule has 1 aromatic carbocycles. The van der Waals surface area contributed by atoms with Gasteiger partial charge in [-0.15, -0.1) is 0 Å². The summed E-state index contributed by atoms with van der Waals surface area (Å²) >= 11 is 0. The summed E-state index contributed by atoms with van der Waals surface area (Å²) < 4.78 is 20.4. The number of rotatable bonds is 5. The molecular weight excluding hydrogens is 250 g/mol. The molecule has 0 saturated heterocycles. The molecule has 0 radical (unpaired) electrons. The molecule has 5 nitrogen and oxygen atoms in total. The molecule has 0 fully saturated rings. The van der Waals surface area contributed by atoms with E-state index < -0.39 is 12.9 Å². The summed E-state index contributed by atoms with van der Waals surface area (Å²) in [7, 11) is 0.178. The van der Waals surface area contributed by atoms with Crippen molar-refractivity contribution in [3.63, 3.8) is 0 Å². The normalized spacial score (nSPS) is 10.5. The van der Waals surface area contributed by atoms with Crippen LogP contribution in [0.2, 0.25) is 0 Å². The summed E-state index contributed by atoms with van der Waals surface area (Å²) in [5.41, 5.74) is 0.140. The van der Waals surface area contributed by atoms with Crippen molar-refractivity contribution in [3.05, 3.63) is 42.2 Å². The maximum atomic E-state index is 13.1. The van der Waals surface area contributed by atoms with E-state index in [2.05, 4.69) is 4.98 Å². The Morgan fingerprint density at radius 2 is 2.21 bits per heavy atom.